The highest BCUT2D eigenvalue weighted by atomic mass is 31.1. The van der Waals surface area contributed by atoms with Gasteiger partial charge in [0.2, 0.25) is 0 Å². The average molecular weight is 702 g/mol. The lowest BCUT2D eigenvalue weighted by atomic mass is 9.72. The Labute approximate surface area is 301 Å². The van der Waals surface area contributed by atoms with Crippen molar-refractivity contribution < 1.29 is 28.4 Å². The Balaban J connectivity index is 1.23. The molecule has 2 amide bonds. The number of ether oxygens (including phenoxy) is 2. The fourth-order valence-corrected chi connectivity index (χ4v) is 8.34. The molecule has 0 bridgehead atoms. The largest absolute Gasteiger partial charge is 0.494 e. The number of carbonyl (C=O) groups is 3. The molecule has 1 heterocycles. The highest BCUT2D eigenvalue weighted by Crippen LogP contribution is 2.51. The Bertz CT molecular complexity index is 1830. The van der Waals surface area contributed by atoms with Gasteiger partial charge in [0.05, 0.1) is 30.0 Å². The summed E-state index contributed by atoms with van der Waals surface area (Å²) in [5, 5.41) is 0. The summed E-state index contributed by atoms with van der Waals surface area (Å²) in [4.78, 5) is 40.5. The number of imide groups is 1. The van der Waals surface area contributed by atoms with Gasteiger partial charge in [-0.15, -0.1) is 0 Å². The van der Waals surface area contributed by atoms with Gasteiger partial charge in [-0.05, 0) is 132 Å². The van der Waals surface area contributed by atoms with Crippen LogP contribution in [0.25, 0.3) is 22.3 Å². The molecule has 262 valence electrons. The lowest BCUT2D eigenvalue weighted by Crippen LogP contribution is -2.29. The number of nitrogens with zero attached hydrogens (tertiary/aromatic N) is 1. The van der Waals surface area contributed by atoms with Crippen LogP contribution in [0.1, 0.15) is 101 Å². The summed E-state index contributed by atoms with van der Waals surface area (Å²) >= 11 is 0. The molecule has 7 rings (SSSR count). The van der Waals surface area contributed by atoms with Crippen LogP contribution >= 0.6 is 8.46 Å². The maximum atomic E-state index is 14.3. The molecule has 0 saturated heterocycles. The third-order valence-electron chi connectivity index (χ3n) is 10.4. The topological polar surface area (TPSA) is 90.0 Å². The van der Waals surface area contributed by atoms with Crippen LogP contribution in [0.15, 0.2) is 66.7 Å². The quantitative estimate of drug-likeness (QED) is 0.0471. The van der Waals surface area contributed by atoms with E-state index in [0.717, 1.165) is 115 Å². The minimum atomic E-state index is -0.237. The number of benzene rings is 4. The number of para-hydroxylation sites is 1. The first-order chi connectivity index (χ1) is 25.1. The molecule has 0 saturated carbocycles. The second kappa shape index (κ2) is 16.2. The summed E-state index contributed by atoms with van der Waals surface area (Å²) in [5.41, 5.74) is 10.3. The van der Waals surface area contributed by atoms with Gasteiger partial charge in [-0.2, -0.15) is 0 Å². The number of hydrogen-bond acceptors (Lipinski definition) is 6. The Morgan fingerprint density at radius 2 is 1.14 bits per heavy atom. The van der Waals surface area contributed by atoms with E-state index < -0.39 is 0 Å². The second-order valence-electron chi connectivity index (χ2n) is 13.7. The summed E-state index contributed by atoms with van der Waals surface area (Å²) in [6.07, 6.45) is 13.1. The SMILES string of the molecule is O=CCCCCCCOc1ccc2c(c1)CCc1c3c(c4c(c1-2)-c1ccc(OCCCCCCP=O)cc1CC4)C(=O)N(c1ccccc1)C3=O. The van der Waals surface area contributed by atoms with E-state index >= 15 is 0 Å². The molecule has 0 radical (unpaired) electrons. The van der Waals surface area contributed by atoms with Crippen molar-refractivity contribution in [2.24, 2.45) is 0 Å². The highest BCUT2D eigenvalue weighted by molar-refractivity contribution is 7.23. The maximum absolute atomic E-state index is 14.3. The molecule has 0 N–H and O–H groups in total. The van der Waals surface area contributed by atoms with E-state index in [-0.39, 0.29) is 20.3 Å². The molecule has 51 heavy (non-hydrogen) atoms. The van der Waals surface area contributed by atoms with Crippen molar-refractivity contribution >= 4 is 32.2 Å². The first-order valence-electron chi connectivity index (χ1n) is 18.5. The minimum Gasteiger partial charge on any atom is -0.494 e. The Morgan fingerprint density at radius 1 is 0.608 bits per heavy atom. The number of rotatable bonds is 17. The molecule has 4 aromatic rings. The van der Waals surface area contributed by atoms with Gasteiger partial charge < -0.3 is 14.3 Å². The normalized spacial score (nSPS) is 14.1. The summed E-state index contributed by atoms with van der Waals surface area (Å²) < 4.78 is 23.1. The van der Waals surface area contributed by atoms with Crippen molar-refractivity contribution in [3.63, 3.8) is 0 Å². The second-order valence-corrected chi connectivity index (χ2v) is 14.4. The van der Waals surface area contributed by atoms with Crippen LogP contribution in [0, 0.1) is 0 Å². The fraction of sp³-hybridized carbons (Fsp3) is 0.372. The van der Waals surface area contributed by atoms with E-state index in [2.05, 4.69) is 24.3 Å². The lowest BCUT2D eigenvalue weighted by molar-refractivity contribution is -0.107. The standard InChI is InChI=1S/C43H44NO6P/c45-23-9-2-1-3-10-24-49-32-17-21-34-29(27-32)15-19-36-38(34)39-35-22-18-33(50-25-11-4-5-12-26-51-48)28-30(35)16-20-37(39)41-40(36)42(46)44(43(41)47)31-13-7-6-8-14-31/h6-8,13-14,17-18,21-23,27-28H,1-5,9-12,15-16,19-20,24-26H2. The number of amides is 2. The zero-order valence-electron chi connectivity index (χ0n) is 29.1. The van der Waals surface area contributed by atoms with E-state index in [4.69, 9.17) is 9.47 Å². The first-order valence-corrected chi connectivity index (χ1v) is 19.5. The number of fused-ring (bicyclic) bond motifs is 10. The Kier molecular flexibility index (Phi) is 11.0. The molecule has 1 aliphatic heterocycles. The molecule has 7 nitrogen and oxygen atoms in total. The van der Waals surface area contributed by atoms with Crippen molar-refractivity contribution in [2.45, 2.75) is 83.5 Å². The molecule has 0 spiro atoms. The molecule has 8 heteroatoms. The molecule has 4 aromatic carbocycles. The summed E-state index contributed by atoms with van der Waals surface area (Å²) in [7, 11) is 0.220. The van der Waals surface area contributed by atoms with Crippen molar-refractivity contribution in [3.05, 3.63) is 100 Å². The minimum absolute atomic E-state index is 0.220. The molecular weight excluding hydrogens is 657 g/mol. The molecule has 0 fully saturated rings. The third kappa shape index (κ3) is 7.14. The van der Waals surface area contributed by atoms with Gasteiger partial charge in [0.25, 0.3) is 11.8 Å². The zero-order chi connectivity index (χ0) is 35.2. The smallest absolute Gasteiger partial charge is 0.266 e. The van der Waals surface area contributed by atoms with E-state index in [1.807, 2.05) is 42.5 Å². The van der Waals surface area contributed by atoms with Gasteiger partial charge in [0, 0.05) is 12.6 Å². The van der Waals surface area contributed by atoms with Gasteiger partial charge in [0.15, 0.2) is 8.46 Å². The number of aryl methyl sites for hydroxylation is 2. The number of aldehydes is 1. The van der Waals surface area contributed by atoms with Gasteiger partial charge in [0.1, 0.15) is 17.8 Å². The van der Waals surface area contributed by atoms with Gasteiger partial charge in [-0.3, -0.25) is 14.2 Å². The summed E-state index contributed by atoms with van der Waals surface area (Å²) in [5.74, 6) is 1.21. The maximum Gasteiger partial charge on any atom is 0.266 e. The molecular formula is C43H44NO6P. The number of anilines is 1. The summed E-state index contributed by atoms with van der Waals surface area (Å²) in [6, 6.07) is 21.9. The molecule has 2 aliphatic carbocycles. The first kappa shape index (κ1) is 34.8. The Morgan fingerprint density at radius 3 is 1.67 bits per heavy atom. The number of hydrogen-bond donors (Lipinski definition) is 0. The number of unbranched alkanes of at least 4 members (excludes halogenated alkanes) is 7. The molecule has 0 unspecified atom stereocenters. The van der Waals surface area contributed by atoms with Crippen LogP contribution in [0.3, 0.4) is 0 Å². The average Bonchev–Trinajstić information content (AvgIpc) is 3.43. The van der Waals surface area contributed by atoms with E-state index in [1.54, 1.807) is 0 Å². The van der Waals surface area contributed by atoms with Crippen LogP contribution in [0.2, 0.25) is 0 Å². The van der Waals surface area contributed by atoms with Gasteiger partial charge >= 0.3 is 0 Å². The highest BCUT2D eigenvalue weighted by Gasteiger charge is 2.44. The van der Waals surface area contributed by atoms with Crippen LogP contribution in [-0.2, 0) is 35.0 Å². The van der Waals surface area contributed by atoms with Crippen LogP contribution in [0.5, 0.6) is 11.5 Å². The molecule has 0 aromatic heterocycles. The number of carbonyl (C=O) groups excluding carboxylic acids is 3. The van der Waals surface area contributed by atoms with Crippen LogP contribution in [-0.4, -0.2) is 37.5 Å². The van der Waals surface area contributed by atoms with Crippen molar-refractivity contribution in [3.8, 4) is 33.8 Å². The van der Waals surface area contributed by atoms with Crippen LogP contribution < -0.4 is 14.4 Å². The predicted molar refractivity (Wildman–Crippen MR) is 201 cm³/mol. The monoisotopic (exact) mass is 701 g/mol. The van der Waals surface area contributed by atoms with Crippen molar-refractivity contribution in [1.82, 2.24) is 0 Å². The van der Waals surface area contributed by atoms with Crippen LogP contribution in [0.4, 0.5) is 5.69 Å². The van der Waals surface area contributed by atoms with Gasteiger partial charge in [-0.1, -0.05) is 56.0 Å². The Hall–Kier alpha value is -4.61. The third-order valence-corrected chi connectivity index (χ3v) is 10.9. The van der Waals surface area contributed by atoms with E-state index in [0.29, 0.717) is 55.5 Å². The van der Waals surface area contributed by atoms with Gasteiger partial charge in [-0.25, -0.2) is 4.90 Å². The van der Waals surface area contributed by atoms with Crippen molar-refractivity contribution in [1.29, 1.82) is 0 Å². The lowest BCUT2D eigenvalue weighted by Gasteiger charge is -2.31. The fourth-order valence-electron chi connectivity index (χ4n) is 7.98. The zero-order valence-corrected chi connectivity index (χ0v) is 30.0. The van der Waals surface area contributed by atoms with Crippen molar-refractivity contribution in [2.75, 3.05) is 24.3 Å². The predicted octanol–water partition coefficient (Wildman–Crippen LogP) is 9.78. The van der Waals surface area contributed by atoms with E-state index in [9.17, 15) is 18.9 Å². The molecule has 0 atom stereocenters. The summed E-state index contributed by atoms with van der Waals surface area (Å²) in [6.45, 7) is 1.27. The van der Waals surface area contributed by atoms with E-state index in [1.165, 1.54) is 16.0 Å². The molecule has 3 aliphatic rings.